The van der Waals surface area contributed by atoms with E-state index in [4.69, 9.17) is 0 Å². The maximum absolute atomic E-state index is 12.4. The third-order valence-electron chi connectivity index (χ3n) is 4.27. The fraction of sp³-hybridized carbons (Fsp3) is 0.286. The van der Waals surface area contributed by atoms with Gasteiger partial charge in [0, 0.05) is 0 Å². The van der Waals surface area contributed by atoms with Crippen LogP contribution in [0.2, 0.25) is 0 Å². The lowest BCUT2D eigenvalue weighted by Crippen LogP contribution is -2.45. The Hall–Kier alpha value is -2.57. The predicted molar refractivity (Wildman–Crippen MR) is 109 cm³/mol. The van der Waals surface area contributed by atoms with E-state index in [2.05, 4.69) is 10.3 Å². The number of carbonyl (C=O) groups is 2. The van der Waals surface area contributed by atoms with Crippen molar-refractivity contribution < 1.29 is 9.59 Å². The predicted octanol–water partition coefficient (Wildman–Crippen LogP) is 3.04. The molecular weight excluding hydrogens is 358 g/mol. The molecule has 0 saturated heterocycles. The molecule has 2 aromatic carbocycles. The van der Waals surface area contributed by atoms with E-state index in [1.807, 2.05) is 66.5 Å². The fourth-order valence-electron chi connectivity index (χ4n) is 2.91. The highest BCUT2D eigenvalue weighted by atomic mass is 32.1. The molecule has 1 atom stereocenters. The minimum absolute atomic E-state index is 0.0407. The third-order valence-corrected chi connectivity index (χ3v) is 5.29. The summed E-state index contributed by atoms with van der Waals surface area (Å²) >= 11 is 1.63. The normalized spacial score (nSPS) is 12.3. The highest BCUT2D eigenvalue weighted by molar-refractivity contribution is 7.18. The van der Waals surface area contributed by atoms with Crippen LogP contribution >= 0.6 is 11.3 Å². The van der Waals surface area contributed by atoms with Gasteiger partial charge in [0.15, 0.2) is 5.78 Å². The summed E-state index contributed by atoms with van der Waals surface area (Å²) in [6, 6.07) is 17.2. The second-order valence-corrected chi connectivity index (χ2v) is 7.78. The van der Waals surface area contributed by atoms with Gasteiger partial charge >= 0.3 is 0 Å². The lowest BCUT2D eigenvalue weighted by molar-refractivity contribution is -0.127. The molecular formula is C21H23N3O2S. The van der Waals surface area contributed by atoms with Crippen LogP contribution in [0.15, 0.2) is 54.6 Å². The molecule has 0 bridgehead atoms. The molecule has 0 aliphatic carbocycles. The molecule has 1 heterocycles. The van der Waals surface area contributed by atoms with Gasteiger partial charge in [0.1, 0.15) is 5.01 Å². The van der Waals surface area contributed by atoms with Crippen LogP contribution in [0.25, 0.3) is 10.2 Å². The second-order valence-electron chi connectivity index (χ2n) is 6.67. The van der Waals surface area contributed by atoms with Crippen LogP contribution in [0.3, 0.4) is 0 Å². The van der Waals surface area contributed by atoms with Gasteiger partial charge < -0.3 is 5.32 Å². The molecule has 3 rings (SSSR count). The van der Waals surface area contributed by atoms with Crippen molar-refractivity contribution in [3.8, 4) is 0 Å². The summed E-state index contributed by atoms with van der Waals surface area (Å²) < 4.78 is 1.14. The number of carbonyl (C=O) groups excluding carboxylic acids is 2. The Labute approximate surface area is 163 Å². The molecule has 0 saturated carbocycles. The molecule has 3 aromatic rings. The molecule has 140 valence electrons. The molecule has 1 aromatic heterocycles. The number of amides is 1. The number of aromatic nitrogens is 1. The van der Waals surface area contributed by atoms with Crippen molar-refractivity contribution in [2.75, 3.05) is 13.6 Å². The zero-order chi connectivity index (χ0) is 19.2. The topological polar surface area (TPSA) is 62.3 Å². The van der Waals surface area contributed by atoms with E-state index in [1.165, 1.54) is 6.92 Å². The molecule has 0 spiro atoms. The van der Waals surface area contributed by atoms with E-state index < -0.39 is 6.04 Å². The summed E-state index contributed by atoms with van der Waals surface area (Å²) in [4.78, 5) is 30.8. The smallest absolute Gasteiger partial charge is 0.234 e. The zero-order valence-corrected chi connectivity index (χ0v) is 16.3. The SMILES string of the molecule is CC(=O)[C@H](Cc1ccccc1)NC(=O)CN(C)Cc1nc2ccccc2s1. The summed E-state index contributed by atoms with van der Waals surface area (Å²) in [6.45, 7) is 2.32. The Kier molecular flexibility index (Phi) is 6.32. The Bertz CT molecular complexity index is 890. The number of benzene rings is 2. The number of para-hydroxylation sites is 1. The zero-order valence-electron chi connectivity index (χ0n) is 15.5. The minimum atomic E-state index is -0.504. The molecule has 1 amide bonds. The Morgan fingerprint density at radius 2 is 1.81 bits per heavy atom. The highest BCUT2D eigenvalue weighted by Crippen LogP contribution is 2.22. The minimum Gasteiger partial charge on any atom is -0.345 e. The number of fused-ring (bicyclic) bond motifs is 1. The van der Waals surface area contributed by atoms with Crippen LogP contribution in [0.4, 0.5) is 0 Å². The fourth-order valence-corrected chi connectivity index (χ4v) is 3.95. The van der Waals surface area contributed by atoms with Gasteiger partial charge in [0.25, 0.3) is 0 Å². The Morgan fingerprint density at radius 3 is 2.52 bits per heavy atom. The van der Waals surface area contributed by atoms with Crippen molar-refractivity contribution in [2.24, 2.45) is 0 Å². The maximum Gasteiger partial charge on any atom is 0.234 e. The van der Waals surface area contributed by atoms with Crippen LogP contribution in [0, 0.1) is 0 Å². The lowest BCUT2D eigenvalue weighted by Gasteiger charge is -2.19. The highest BCUT2D eigenvalue weighted by Gasteiger charge is 2.19. The quantitative estimate of drug-likeness (QED) is 0.651. The maximum atomic E-state index is 12.4. The first-order chi connectivity index (χ1) is 13.0. The molecule has 0 aliphatic heterocycles. The number of thiazole rings is 1. The summed E-state index contributed by atoms with van der Waals surface area (Å²) in [5, 5.41) is 3.83. The summed E-state index contributed by atoms with van der Waals surface area (Å²) in [6.07, 6.45) is 0.503. The summed E-state index contributed by atoms with van der Waals surface area (Å²) in [7, 11) is 1.88. The summed E-state index contributed by atoms with van der Waals surface area (Å²) in [5.41, 5.74) is 2.01. The lowest BCUT2D eigenvalue weighted by atomic mass is 10.0. The van der Waals surface area contributed by atoms with Gasteiger partial charge in [0.05, 0.1) is 29.3 Å². The van der Waals surface area contributed by atoms with Gasteiger partial charge in [-0.25, -0.2) is 4.98 Å². The van der Waals surface area contributed by atoms with Gasteiger partial charge in [0.2, 0.25) is 5.91 Å². The average Bonchev–Trinajstić information content (AvgIpc) is 3.03. The van der Waals surface area contributed by atoms with Crippen molar-refractivity contribution in [1.29, 1.82) is 0 Å². The molecule has 1 N–H and O–H groups in total. The van der Waals surface area contributed by atoms with Gasteiger partial charge in [-0.1, -0.05) is 42.5 Å². The first-order valence-electron chi connectivity index (χ1n) is 8.88. The molecule has 6 heteroatoms. The molecule has 5 nitrogen and oxygen atoms in total. The second kappa shape index (κ2) is 8.88. The van der Waals surface area contributed by atoms with Crippen molar-refractivity contribution in [3.63, 3.8) is 0 Å². The number of hydrogen-bond donors (Lipinski definition) is 1. The molecule has 0 radical (unpaired) electrons. The van der Waals surface area contributed by atoms with E-state index in [0.717, 1.165) is 20.8 Å². The molecule has 27 heavy (non-hydrogen) atoms. The monoisotopic (exact) mass is 381 g/mol. The van der Waals surface area contributed by atoms with Gasteiger partial charge in [-0.3, -0.25) is 14.5 Å². The first-order valence-corrected chi connectivity index (χ1v) is 9.69. The Balaban J connectivity index is 1.55. The van der Waals surface area contributed by atoms with Crippen LogP contribution in [-0.4, -0.2) is 41.2 Å². The van der Waals surface area contributed by atoms with Crippen molar-refractivity contribution in [3.05, 3.63) is 65.2 Å². The van der Waals surface area contributed by atoms with Crippen LogP contribution < -0.4 is 5.32 Å². The third kappa shape index (κ3) is 5.45. The molecule has 0 fully saturated rings. The van der Waals surface area contributed by atoms with Crippen molar-refractivity contribution in [1.82, 2.24) is 15.2 Å². The number of hydrogen-bond acceptors (Lipinski definition) is 5. The van der Waals surface area contributed by atoms with E-state index >= 15 is 0 Å². The van der Waals surface area contributed by atoms with Crippen LogP contribution in [-0.2, 0) is 22.6 Å². The first kappa shape index (κ1) is 19.2. The number of nitrogens with zero attached hydrogens (tertiary/aromatic N) is 2. The van der Waals surface area contributed by atoms with Gasteiger partial charge in [-0.15, -0.1) is 11.3 Å². The number of rotatable bonds is 8. The summed E-state index contributed by atoms with van der Waals surface area (Å²) in [5.74, 6) is -0.198. The average molecular weight is 382 g/mol. The number of Topliss-reactive ketones (excluding diaryl/α,β-unsaturated/α-hetero) is 1. The largest absolute Gasteiger partial charge is 0.345 e. The van der Waals surface area contributed by atoms with Gasteiger partial charge in [-0.05, 0) is 38.1 Å². The number of ketones is 1. The van der Waals surface area contributed by atoms with Crippen LogP contribution in [0.1, 0.15) is 17.5 Å². The standard InChI is InChI=1S/C21H23N3O2S/c1-15(25)18(12-16-8-4-3-5-9-16)22-20(26)13-24(2)14-21-23-17-10-6-7-11-19(17)27-21/h3-11,18H,12-14H2,1-2H3,(H,22,26)/t18-/m0/s1. The van der Waals surface area contributed by atoms with E-state index in [1.54, 1.807) is 11.3 Å². The van der Waals surface area contributed by atoms with Crippen LogP contribution in [0.5, 0.6) is 0 Å². The van der Waals surface area contributed by atoms with Crippen molar-refractivity contribution in [2.45, 2.75) is 25.9 Å². The molecule has 0 aliphatic rings. The van der Waals surface area contributed by atoms with Crippen molar-refractivity contribution >= 4 is 33.2 Å². The van der Waals surface area contributed by atoms with E-state index in [0.29, 0.717) is 13.0 Å². The number of likely N-dealkylation sites (N-methyl/N-ethyl adjacent to an activating group) is 1. The number of nitrogens with one attached hydrogen (secondary N) is 1. The van der Waals surface area contributed by atoms with Gasteiger partial charge in [-0.2, -0.15) is 0 Å². The molecule has 0 unspecified atom stereocenters. The van der Waals surface area contributed by atoms with E-state index in [9.17, 15) is 9.59 Å². The van der Waals surface area contributed by atoms with E-state index in [-0.39, 0.29) is 18.2 Å². The Morgan fingerprint density at radius 1 is 1.11 bits per heavy atom.